The summed E-state index contributed by atoms with van der Waals surface area (Å²) >= 11 is 0. The molecule has 0 fully saturated rings. The molecule has 0 amide bonds. The number of aromatic nitrogens is 1. The summed E-state index contributed by atoms with van der Waals surface area (Å²) in [7, 11) is -1.96. The number of aryl methyl sites for hydroxylation is 1. The number of rotatable bonds is 8. The maximum absolute atomic E-state index is 2.72. The van der Waals surface area contributed by atoms with Gasteiger partial charge in [0, 0.05) is 69.7 Å². The smallest absolute Gasteiger partial charge is 0.333 e. The lowest BCUT2D eigenvalue weighted by Gasteiger charge is -2.53. The molecule has 0 bridgehead atoms. The van der Waals surface area contributed by atoms with Crippen molar-refractivity contribution >= 4 is 83.7 Å². The van der Waals surface area contributed by atoms with Crippen molar-refractivity contribution in [2.75, 3.05) is 9.80 Å². The quantitative estimate of drug-likeness (QED) is 0.141. The zero-order valence-electron chi connectivity index (χ0n) is 35.2. The molecule has 13 rings (SSSR count). The first-order valence-corrected chi connectivity index (χ1v) is 24.0. The topological polar surface area (TPSA) is 11.4 Å². The van der Waals surface area contributed by atoms with Crippen LogP contribution in [0.3, 0.4) is 0 Å². The molecule has 0 aliphatic carbocycles. The SMILES string of the molecule is CCCCc1ccc2c(c1)c1cccc3c1n2B1c2cccc4c2N(c2ccccc2S4(c2ccccc2)c2ccccc2)c2cc(N(c4ccccc4)c4ccccc4)cc-3c21. The third-order valence-corrected chi connectivity index (χ3v) is 17.7. The van der Waals surface area contributed by atoms with Crippen LogP contribution in [0.1, 0.15) is 25.3 Å². The summed E-state index contributed by atoms with van der Waals surface area (Å²) in [5.41, 5.74) is 16.5. The van der Waals surface area contributed by atoms with Gasteiger partial charge >= 0.3 is 6.85 Å². The van der Waals surface area contributed by atoms with Crippen molar-refractivity contribution in [3.05, 3.63) is 218 Å². The molecule has 10 aromatic rings. The van der Waals surface area contributed by atoms with Crippen LogP contribution < -0.4 is 20.7 Å². The predicted octanol–water partition coefficient (Wildman–Crippen LogP) is 14.7. The Balaban J connectivity index is 1.20. The molecule has 1 aromatic heterocycles. The van der Waals surface area contributed by atoms with E-state index >= 15 is 0 Å². The van der Waals surface area contributed by atoms with E-state index in [0.717, 1.165) is 23.5 Å². The Morgan fingerprint density at radius 1 is 0.508 bits per heavy atom. The fourth-order valence-corrected chi connectivity index (χ4v) is 15.4. The maximum atomic E-state index is 2.72. The highest BCUT2D eigenvalue weighted by atomic mass is 32.3. The average Bonchev–Trinajstić information content (AvgIpc) is 3.68. The lowest BCUT2D eigenvalue weighted by Crippen LogP contribution is -2.57. The Kier molecular flexibility index (Phi) is 8.20. The average molecular weight is 826 g/mol. The summed E-state index contributed by atoms with van der Waals surface area (Å²) in [5, 5.41) is 2.67. The van der Waals surface area contributed by atoms with E-state index in [4.69, 9.17) is 0 Å². The molecule has 4 heterocycles. The molecule has 300 valence electrons. The number of unbranched alkanes of at least 4 members (excludes halogenated alkanes) is 1. The van der Waals surface area contributed by atoms with Crippen LogP contribution >= 0.6 is 10.0 Å². The number of hydrogen-bond donors (Lipinski definition) is 0. The third-order valence-electron chi connectivity index (χ3n) is 13.7. The van der Waals surface area contributed by atoms with Crippen molar-refractivity contribution in [2.45, 2.75) is 45.8 Å². The number of para-hydroxylation sites is 5. The first-order valence-electron chi connectivity index (χ1n) is 22.4. The minimum absolute atomic E-state index is 0.0533. The van der Waals surface area contributed by atoms with Gasteiger partial charge in [-0.25, -0.2) is 0 Å². The highest BCUT2D eigenvalue weighted by molar-refractivity contribution is 8.34. The largest absolute Gasteiger partial charge is 0.375 e. The Bertz CT molecular complexity index is 3320. The highest BCUT2D eigenvalue weighted by Gasteiger charge is 2.50. The second-order valence-electron chi connectivity index (χ2n) is 17.1. The van der Waals surface area contributed by atoms with Gasteiger partial charge in [0.05, 0.1) is 11.4 Å². The van der Waals surface area contributed by atoms with E-state index in [1.54, 1.807) is 0 Å². The fraction of sp³-hybridized carbons (Fsp3) is 0.0690. The minimum Gasteiger partial charge on any atom is -0.375 e. The van der Waals surface area contributed by atoms with Crippen molar-refractivity contribution in [3.63, 3.8) is 0 Å². The van der Waals surface area contributed by atoms with Crippen molar-refractivity contribution in [3.8, 4) is 11.1 Å². The van der Waals surface area contributed by atoms with E-state index in [1.807, 2.05) is 0 Å². The number of anilines is 6. The van der Waals surface area contributed by atoms with Crippen LogP contribution in [0, 0.1) is 0 Å². The highest BCUT2D eigenvalue weighted by Crippen LogP contribution is 2.79. The van der Waals surface area contributed by atoms with E-state index in [9.17, 15) is 0 Å². The molecule has 9 aromatic carbocycles. The fourth-order valence-electron chi connectivity index (χ4n) is 11.2. The second-order valence-corrected chi connectivity index (χ2v) is 20.1. The Morgan fingerprint density at radius 3 is 1.84 bits per heavy atom. The Labute approximate surface area is 370 Å². The van der Waals surface area contributed by atoms with Crippen LogP contribution in [-0.4, -0.2) is 11.3 Å². The summed E-state index contributed by atoms with van der Waals surface area (Å²) in [5.74, 6) is 0. The van der Waals surface area contributed by atoms with Gasteiger partial charge in [0.15, 0.2) is 0 Å². The van der Waals surface area contributed by atoms with Gasteiger partial charge < -0.3 is 14.3 Å². The van der Waals surface area contributed by atoms with Crippen molar-refractivity contribution in [2.24, 2.45) is 0 Å². The molecule has 0 spiro atoms. The third kappa shape index (κ3) is 5.12. The summed E-state index contributed by atoms with van der Waals surface area (Å²) in [6.07, 6.45) is 3.47. The first kappa shape index (κ1) is 36.4. The molecular formula is C58H44BN3S. The zero-order chi connectivity index (χ0) is 41.6. The van der Waals surface area contributed by atoms with Crippen molar-refractivity contribution in [1.82, 2.24) is 4.48 Å². The molecule has 0 saturated carbocycles. The second kappa shape index (κ2) is 14.2. The molecule has 0 unspecified atom stereocenters. The predicted molar refractivity (Wildman–Crippen MR) is 267 cm³/mol. The van der Waals surface area contributed by atoms with E-state index in [2.05, 4.69) is 234 Å². The molecule has 0 atom stereocenters. The number of hydrogen-bond acceptors (Lipinski definition) is 2. The molecule has 0 N–H and O–H groups in total. The van der Waals surface area contributed by atoms with Gasteiger partial charge in [-0.3, -0.25) is 0 Å². The van der Waals surface area contributed by atoms with Crippen LogP contribution in [0.15, 0.2) is 232 Å². The van der Waals surface area contributed by atoms with Crippen LogP contribution in [0.2, 0.25) is 0 Å². The Morgan fingerprint density at radius 2 is 1.14 bits per heavy atom. The maximum Gasteiger partial charge on any atom is 0.333 e. The van der Waals surface area contributed by atoms with Crippen LogP contribution in [0.4, 0.5) is 34.1 Å². The number of nitrogens with zero attached hydrogens (tertiary/aromatic N) is 3. The minimum atomic E-state index is -1.96. The Hall–Kier alpha value is -7.21. The van der Waals surface area contributed by atoms with Gasteiger partial charge in [0.1, 0.15) is 0 Å². The molecule has 0 radical (unpaired) electrons. The molecule has 3 nitrogen and oxygen atoms in total. The molecule has 5 heteroatoms. The normalized spacial score (nSPS) is 14.2. The molecular weight excluding hydrogens is 782 g/mol. The summed E-state index contributed by atoms with van der Waals surface area (Å²) in [4.78, 5) is 10.5. The van der Waals surface area contributed by atoms with Crippen molar-refractivity contribution in [1.29, 1.82) is 0 Å². The molecule has 0 saturated heterocycles. The van der Waals surface area contributed by atoms with Gasteiger partial charge in [-0.05, 0) is 126 Å². The van der Waals surface area contributed by atoms with E-state index < -0.39 is 10.0 Å². The lowest BCUT2D eigenvalue weighted by atomic mass is 9.45. The summed E-state index contributed by atoms with van der Waals surface area (Å²) in [6, 6.07) is 80.3. The van der Waals surface area contributed by atoms with E-state index in [-0.39, 0.29) is 6.85 Å². The molecule has 63 heavy (non-hydrogen) atoms. The summed E-state index contributed by atoms with van der Waals surface area (Å²) < 4.78 is 2.72. The molecule has 3 aliphatic rings. The zero-order valence-corrected chi connectivity index (χ0v) is 36.0. The van der Waals surface area contributed by atoms with Crippen LogP contribution in [0.5, 0.6) is 0 Å². The number of benzene rings is 9. The summed E-state index contributed by atoms with van der Waals surface area (Å²) in [6.45, 7) is 2.23. The lowest BCUT2D eigenvalue weighted by molar-refractivity contribution is 0.796. The van der Waals surface area contributed by atoms with Crippen LogP contribution in [-0.2, 0) is 6.42 Å². The number of fused-ring (bicyclic) bond motifs is 9. The van der Waals surface area contributed by atoms with Gasteiger partial charge in [-0.2, -0.15) is 0 Å². The van der Waals surface area contributed by atoms with E-state index in [1.165, 1.54) is 98.9 Å². The monoisotopic (exact) mass is 825 g/mol. The molecule has 3 aliphatic heterocycles. The standard InChI is InChI=1S/C58H44BN3S/c1-2-3-20-40-35-36-51-48(37-40)46-29-18-30-47-49-38-43(60(41-21-8-4-9-22-41)42-23-10-5-11-24-42)39-53-56(49)59(62(51)57(46)47)50-31-19-34-55-58(50)61(53)52-32-16-17-33-54(52)63(55,44-25-12-6-13-26-44)45-27-14-7-15-28-45/h4-19,21-39H,2-3,20H2,1H3. The van der Waals surface area contributed by atoms with Gasteiger partial charge in [0.25, 0.3) is 0 Å². The van der Waals surface area contributed by atoms with E-state index in [0.29, 0.717) is 0 Å². The van der Waals surface area contributed by atoms with Gasteiger partial charge in [-0.1, -0.05) is 135 Å². The van der Waals surface area contributed by atoms with Crippen molar-refractivity contribution < 1.29 is 0 Å². The first-order chi connectivity index (χ1) is 31.3. The van der Waals surface area contributed by atoms with Crippen LogP contribution in [0.25, 0.3) is 32.9 Å². The van der Waals surface area contributed by atoms with Gasteiger partial charge in [0.2, 0.25) is 0 Å². The van der Waals surface area contributed by atoms with Gasteiger partial charge in [-0.15, -0.1) is 10.0 Å².